The van der Waals surface area contributed by atoms with Crippen LogP contribution in [0.2, 0.25) is 5.22 Å². The van der Waals surface area contributed by atoms with Gasteiger partial charge in [0.2, 0.25) is 5.91 Å². The van der Waals surface area contributed by atoms with Crippen LogP contribution in [-0.4, -0.2) is 35.7 Å². The fourth-order valence-electron chi connectivity index (χ4n) is 4.06. The van der Waals surface area contributed by atoms with Crippen LogP contribution in [0.25, 0.3) is 11.1 Å². The highest BCUT2D eigenvalue weighted by Crippen LogP contribution is 2.44. The van der Waals surface area contributed by atoms with Gasteiger partial charge in [-0.3, -0.25) is 9.59 Å². The Morgan fingerprint density at radius 2 is 1.65 bits per heavy atom. The molecule has 1 aliphatic carbocycles. The monoisotopic (exact) mass is 482 g/mol. The summed E-state index contributed by atoms with van der Waals surface area (Å²) in [5, 5.41) is 14.3. The predicted molar refractivity (Wildman–Crippen MR) is 124 cm³/mol. The van der Waals surface area contributed by atoms with Crippen molar-refractivity contribution in [2.45, 2.75) is 31.3 Å². The Morgan fingerprint density at radius 3 is 2.24 bits per heavy atom. The van der Waals surface area contributed by atoms with Gasteiger partial charge in [0.05, 0.1) is 6.54 Å². The van der Waals surface area contributed by atoms with E-state index >= 15 is 0 Å². The van der Waals surface area contributed by atoms with Crippen LogP contribution in [0.1, 0.15) is 35.6 Å². The Labute approximate surface area is 200 Å². The van der Waals surface area contributed by atoms with Crippen molar-refractivity contribution in [1.82, 2.24) is 10.6 Å². The van der Waals surface area contributed by atoms with E-state index in [-0.39, 0.29) is 37.1 Å². The Bertz CT molecular complexity index is 1160. The third-order valence-corrected chi connectivity index (χ3v) is 5.87. The quantitative estimate of drug-likeness (QED) is 0.418. The Hall–Kier alpha value is -3.78. The highest BCUT2D eigenvalue weighted by molar-refractivity contribution is 6.28. The van der Waals surface area contributed by atoms with Gasteiger partial charge in [-0.15, -0.1) is 0 Å². The van der Waals surface area contributed by atoms with Gasteiger partial charge >= 0.3 is 12.1 Å². The number of ether oxygens (including phenoxy) is 1. The van der Waals surface area contributed by atoms with E-state index in [4.69, 9.17) is 25.9 Å². The van der Waals surface area contributed by atoms with E-state index < -0.39 is 24.0 Å². The van der Waals surface area contributed by atoms with Gasteiger partial charge in [-0.05, 0) is 52.4 Å². The number of aliphatic carboxylic acids is 1. The van der Waals surface area contributed by atoms with Crippen LogP contribution in [0.3, 0.4) is 0 Å². The number of alkyl carbamates (subject to hydrolysis) is 1. The smallest absolute Gasteiger partial charge is 0.407 e. The van der Waals surface area contributed by atoms with Crippen molar-refractivity contribution in [2.24, 2.45) is 0 Å². The summed E-state index contributed by atoms with van der Waals surface area (Å²) in [6.45, 7) is 0.125. The SMILES string of the molecule is O=C(O)CCC(NC(=O)OCC1c2ccccc2-c2ccccc21)C(=O)NCc1ccc(Cl)o1. The second kappa shape index (κ2) is 10.4. The van der Waals surface area contributed by atoms with Crippen LogP contribution in [0.15, 0.2) is 65.1 Å². The molecule has 1 aromatic heterocycles. The molecular weight excluding hydrogens is 460 g/mol. The van der Waals surface area contributed by atoms with E-state index in [2.05, 4.69) is 10.6 Å². The highest BCUT2D eigenvalue weighted by Gasteiger charge is 2.30. The molecule has 2 amide bonds. The lowest BCUT2D eigenvalue weighted by atomic mass is 9.98. The first-order valence-corrected chi connectivity index (χ1v) is 11.2. The zero-order valence-electron chi connectivity index (χ0n) is 18.1. The molecule has 0 bridgehead atoms. The second-order valence-corrected chi connectivity index (χ2v) is 8.25. The first kappa shape index (κ1) is 23.4. The molecule has 1 atom stereocenters. The summed E-state index contributed by atoms with van der Waals surface area (Å²) in [6.07, 6.45) is -1.19. The number of rotatable bonds is 9. The first-order valence-electron chi connectivity index (χ1n) is 10.8. The maximum Gasteiger partial charge on any atom is 0.407 e. The molecule has 1 heterocycles. The molecule has 0 saturated heterocycles. The number of carbonyl (C=O) groups is 3. The molecule has 0 fully saturated rings. The molecule has 1 aliphatic rings. The van der Waals surface area contributed by atoms with Crippen molar-refractivity contribution in [3.05, 3.63) is 82.8 Å². The Kier molecular flexibility index (Phi) is 7.18. The van der Waals surface area contributed by atoms with Gasteiger partial charge in [0.25, 0.3) is 0 Å². The third kappa shape index (κ3) is 5.40. The zero-order chi connectivity index (χ0) is 24.1. The molecule has 3 N–H and O–H groups in total. The van der Waals surface area contributed by atoms with Crippen LogP contribution in [0, 0.1) is 0 Å². The van der Waals surface area contributed by atoms with Crippen molar-refractivity contribution in [3.8, 4) is 11.1 Å². The van der Waals surface area contributed by atoms with Crippen LogP contribution >= 0.6 is 11.6 Å². The third-order valence-electron chi connectivity index (χ3n) is 5.66. The summed E-state index contributed by atoms with van der Waals surface area (Å²) in [4.78, 5) is 36.2. The molecule has 3 aromatic rings. The van der Waals surface area contributed by atoms with Crippen molar-refractivity contribution >= 4 is 29.6 Å². The molecule has 8 nitrogen and oxygen atoms in total. The van der Waals surface area contributed by atoms with Gasteiger partial charge < -0.3 is 24.9 Å². The van der Waals surface area contributed by atoms with Gasteiger partial charge in [-0.1, -0.05) is 48.5 Å². The maximum atomic E-state index is 12.6. The lowest BCUT2D eigenvalue weighted by Gasteiger charge is -2.19. The van der Waals surface area contributed by atoms with Crippen molar-refractivity contribution in [3.63, 3.8) is 0 Å². The topological polar surface area (TPSA) is 118 Å². The van der Waals surface area contributed by atoms with Gasteiger partial charge in [-0.2, -0.15) is 0 Å². The Balaban J connectivity index is 1.38. The van der Waals surface area contributed by atoms with Gasteiger partial charge in [0.15, 0.2) is 5.22 Å². The number of fused-ring (bicyclic) bond motifs is 3. The van der Waals surface area contributed by atoms with Gasteiger partial charge in [0.1, 0.15) is 18.4 Å². The number of carboxylic acid groups (broad SMARTS) is 1. The van der Waals surface area contributed by atoms with E-state index in [1.165, 1.54) is 0 Å². The lowest BCUT2D eigenvalue weighted by molar-refractivity contribution is -0.137. The van der Waals surface area contributed by atoms with E-state index in [9.17, 15) is 14.4 Å². The fraction of sp³-hybridized carbons (Fsp3) is 0.240. The number of carbonyl (C=O) groups excluding carboxylic acids is 2. The second-order valence-electron chi connectivity index (χ2n) is 7.88. The lowest BCUT2D eigenvalue weighted by Crippen LogP contribution is -2.47. The number of amides is 2. The highest BCUT2D eigenvalue weighted by atomic mass is 35.5. The summed E-state index contributed by atoms with van der Waals surface area (Å²) in [7, 11) is 0. The first-order chi connectivity index (χ1) is 16.4. The van der Waals surface area contributed by atoms with Crippen molar-refractivity contribution in [1.29, 1.82) is 0 Å². The number of benzene rings is 2. The van der Waals surface area contributed by atoms with Crippen LogP contribution in [0.5, 0.6) is 0 Å². The average Bonchev–Trinajstić information content (AvgIpc) is 3.39. The van der Waals surface area contributed by atoms with E-state index in [1.54, 1.807) is 12.1 Å². The van der Waals surface area contributed by atoms with Gasteiger partial charge in [0, 0.05) is 12.3 Å². The molecule has 0 radical (unpaired) electrons. The van der Waals surface area contributed by atoms with E-state index in [1.807, 2.05) is 48.5 Å². The molecule has 9 heteroatoms. The van der Waals surface area contributed by atoms with E-state index in [0.29, 0.717) is 5.76 Å². The minimum atomic E-state index is -1.09. The summed E-state index contributed by atoms with van der Waals surface area (Å²) in [5.74, 6) is -1.34. The number of nitrogens with one attached hydrogen (secondary N) is 2. The number of furan rings is 1. The summed E-state index contributed by atoms with van der Waals surface area (Å²) in [5.41, 5.74) is 4.33. The summed E-state index contributed by atoms with van der Waals surface area (Å²) in [6, 6.07) is 18.0. The standard InChI is InChI=1S/C25H23ClN2O6/c26-22-11-9-15(34-22)13-27-24(31)21(10-12-23(29)30)28-25(32)33-14-20-18-7-3-1-5-16(18)17-6-2-4-8-19(17)20/h1-9,11,20-21H,10,12-14H2,(H,27,31)(H,28,32)(H,29,30). The normalized spacial score (nSPS) is 13.0. The average molecular weight is 483 g/mol. The molecule has 0 spiro atoms. The van der Waals surface area contributed by atoms with E-state index in [0.717, 1.165) is 22.3 Å². The van der Waals surface area contributed by atoms with Crippen LogP contribution in [-0.2, 0) is 20.9 Å². The molecule has 34 heavy (non-hydrogen) atoms. The minimum absolute atomic E-state index is 0.0431. The molecule has 4 rings (SSSR count). The van der Waals surface area contributed by atoms with Crippen LogP contribution in [0.4, 0.5) is 4.79 Å². The molecule has 0 saturated carbocycles. The van der Waals surface area contributed by atoms with Crippen molar-refractivity contribution < 1.29 is 28.6 Å². The largest absolute Gasteiger partial charge is 0.481 e. The molecule has 2 aromatic carbocycles. The van der Waals surface area contributed by atoms with Crippen molar-refractivity contribution in [2.75, 3.05) is 6.61 Å². The predicted octanol–water partition coefficient (Wildman–Crippen LogP) is 4.32. The molecular formula is C25H23ClN2O6. The zero-order valence-corrected chi connectivity index (χ0v) is 18.9. The number of carboxylic acids is 1. The van der Waals surface area contributed by atoms with Gasteiger partial charge in [-0.25, -0.2) is 4.79 Å². The Morgan fingerprint density at radius 1 is 1.00 bits per heavy atom. The minimum Gasteiger partial charge on any atom is -0.481 e. The number of hydrogen-bond acceptors (Lipinski definition) is 5. The molecule has 0 aliphatic heterocycles. The van der Waals surface area contributed by atoms with Crippen LogP contribution < -0.4 is 10.6 Å². The molecule has 176 valence electrons. The number of halogens is 1. The summed E-state index contributed by atoms with van der Waals surface area (Å²) < 4.78 is 10.7. The number of hydrogen-bond donors (Lipinski definition) is 3. The molecule has 1 unspecified atom stereocenters. The fourth-order valence-corrected chi connectivity index (χ4v) is 4.23. The summed E-state index contributed by atoms with van der Waals surface area (Å²) >= 11 is 5.73. The maximum absolute atomic E-state index is 12.6.